The maximum absolute atomic E-state index is 11.9. The minimum Gasteiger partial charge on any atom is -0.353 e. The van der Waals surface area contributed by atoms with Gasteiger partial charge in [-0.1, -0.05) is 29.8 Å². The second kappa shape index (κ2) is 8.64. The standard InChI is InChI=1S/C17H26N4O2/c1-13-4-6-14(7-5-13)15(21-8-2-3-9-21)11-19-17(23)12-20-16(22)10-18/h4-7,15H,2-3,8-12,18H2,1H3,(H,19,23)(H,20,22). The summed E-state index contributed by atoms with van der Waals surface area (Å²) in [5, 5.41) is 5.40. The Balaban J connectivity index is 1.94. The zero-order chi connectivity index (χ0) is 16.7. The lowest BCUT2D eigenvalue weighted by Gasteiger charge is -2.28. The molecule has 4 N–H and O–H groups in total. The van der Waals surface area contributed by atoms with Crippen LogP contribution in [0.1, 0.15) is 30.0 Å². The van der Waals surface area contributed by atoms with E-state index in [0.29, 0.717) is 6.54 Å². The van der Waals surface area contributed by atoms with Crippen LogP contribution in [0.3, 0.4) is 0 Å². The Hall–Kier alpha value is -1.92. The van der Waals surface area contributed by atoms with E-state index in [1.54, 1.807) is 0 Å². The molecule has 6 nitrogen and oxygen atoms in total. The predicted octanol–water partition coefficient (Wildman–Crippen LogP) is 0.323. The van der Waals surface area contributed by atoms with E-state index in [2.05, 4.69) is 46.7 Å². The fourth-order valence-electron chi connectivity index (χ4n) is 2.82. The first-order valence-corrected chi connectivity index (χ1v) is 8.14. The molecule has 2 rings (SSSR count). The number of amides is 2. The van der Waals surface area contributed by atoms with Gasteiger partial charge in [0.2, 0.25) is 11.8 Å². The van der Waals surface area contributed by atoms with Gasteiger partial charge >= 0.3 is 0 Å². The third-order valence-corrected chi connectivity index (χ3v) is 4.17. The summed E-state index contributed by atoms with van der Waals surface area (Å²) in [5.41, 5.74) is 7.64. The number of likely N-dealkylation sites (tertiary alicyclic amines) is 1. The number of aryl methyl sites for hydroxylation is 1. The number of hydrogen-bond donors (Lipinski definition) is 3. The van der Waals surface area contributed by atoms with Crippen molar-refractivity contribution in [1.82, 2.24) is 15.5 Å². The number of nitrogens with one attached hydrogen (secondary N) is 2. The van der Waals surface area contributed by atoms with Crippen molar-refractivity contribution < 1.29 is 9.59 Å². The van der Waals surface area contributed by atoms with Gasteiger partial charge in [0.15, 0.2) is 0 Å². The summed E-state index contributed by atoms with van der Waals surface area (Å²) in [5.74, 6) is -0.516. The first-order chi connectivity index (χ1) is 11.1. The van der Waals surface area contributed by atoms with Crippen molar-refractivity contribution in [1.29, 1.82) is 0 Å². The van der Waals surface area contributed by atoms with Crippen LogP contribution in [-0.2, 0) is 9.59 Å². The topological polar surface area (TPSA) is 87.5 Å². The van der Waals surface area contributed by atoms with Crippen molar-refractivity contribution in [3.8, 4) is 0 Å². The highest BCUT2D eigenvalue weighted by Gasteiger charge is 2.23. The van der Waals surface area contributed by atoms with Crippen LogP contribution in [0.2, 0.25) is 0 Å². The van der Waals surface area contributed by atoms with Crippen LogP contribution < -0.4 is 16.4 Å². The molecule has 0 spiro atoms. The van der Waals surface area contributed by atoms with E-state index in [0.717, 1.165) is 13.1 Å². The van der Waals surface area contributed by atoms with Crippen molar-refractivity contribution in [3.63, 3.8) is 0 Å². The molecule has 1 aliphatic heterocycles. The van der Waals surface area contributed by atoms with Gasteiger partial charge in [-0.3, -0.25) is 14.5 Å². The minimum atomic E-state index is -0.324. The number of carbonyl (C=O) groups is 2. The zero-order valence-electron chi connectivity index (χ0n) is 13.7. The van der Waals surface area contributed by atoms with Crippen LogP contribution in [0.25, 0.3) is 0 Å². The summed E-state index contributed by atoms with van der Waals surface area (Å²) in [6.45, 7) is 4.58. The zero-order valence-corrected chi connectivity index (χ0v) is 13.7. The first-order valence-electron chi connectivity index (χ1n) is 8.14. The van der Waals surface area contributed by atoms with Crippen molar-refractivity contribution in [2.75, 3.05) is 32.7 Å². The van der Waals surface area contributed by atoms with E-state index in [-0.39, 0.29) is 30.9 Å². The van der Waals surface area contributed by atoms with E-state index in [1.165, 1.54) is 24.0 Å². The Morgan fingerprint density at radius 1 is 1.13 bits per heavy atom. The van der Waals surface area contributed by atoms with Crippen LogP contribution in [-0.4, -0.2) is 49.4 Å². The van der Waals surface area contributed by atoms with Gasteiger partial charge in [0.1, 0.15) is 0 Å². The molecule has 1 atom stereocenters. The number of nitrogens with zero attached hydrogens (tertiary/aromatic N) is 1. The molecule has 0 saturated carbocycles. The highest BCUT2D eigenvalue weighted by atomic mass is 16.2. The SMILES string of the molecule is Cc1ccc(C(CNC(=O)CNC(=O)CN)N2CCCC2)cc1. The number of benzene rings is 1. The number of hydrogen-bond acceptors (Lipinski definition) is 4. The maximum Gasteiger partial charge on any atom is 0.239 e. The number of nitrogens with two attached hydrogens (primary N) is 1. The van der Waals surface area contributed by atoms with E-state index in [1.807, 2.05) is 0 Å². The van der Waals surface area contributed by atoms with E-state index < -0.39 is 0 Å². The van der Waals surface area contributed by atoms with Crippen LogP contribution in [0.15, 0.2) is 24.3 Å². The highest BCUT2D eigenvalue weighted by Crippen LogP contribution is 2.24. The fourth-order valence-corrected chi connectivity index (χ4v) is 2.82. The molecule has 1 heterocycles. The molecule has 1 aromatic rings. The van der Waals surface area contributed by atoms with Crippen LogP contribution >= 0.6 is 0 Å². The normalized spacial score (nSPS) is 16.1. The predicted molar refractivity (Wildman–Crippen MR) is 89.8 cm³/mol. The molecule has 1 saturated heterocycles. The van der Waals surface area contributed by atoms with Gasteiger partial charge in [-0.2, -0.15) is 0 Å². The second-order valence-electron chi connectivity index (χ2n) is 5.95. The fraction of sp³-hybridized carbons (Fsp3) is 0.529. The van der Waals surface area contributed by atoms with Crippen molar-refractivity contribution in [2.24, 2.45) is 5.73 Å². The second-order valence-corrected chi connectivity index (χ2v) is 5.95. The summed E-state index contributed by atoms with van der Waals surface area (Å²) in [4.78, 5) is 25.4. The van der Waals surface area contributed by atoms with Gasteiger partial charge < -0.3 is 16.4 Å². The molecule has 0 aromatic heterocycles. The summed E-state index contributed by atoms with van der Waals surface area (Å²) in [7, 11) is 0. The highest BCUT2D eigenvalue weighted by molar-refractivity contribution is 5.85. The van der Waals surface area contributed by atoms with Gasteiger partial charge in [-0.15, -0.1) is 0 Å². The summed E-state index contributed by atoms with van der Waals surface area (Å²) >= 11 is 0. The molecule has 1 fully saturated rings. The Kier molecular flexibility index (Phi) is 6.55. The van der Waals surface area contributed by atoms with E-state index >= 15 is 0 Å². The number of rotatable bonds is 7. The largest absolute Gasteiger partial charge is 0.353 e. The average Bonchev–Trinajstić information content (AvgIpc) is 3.08. The maximum atomic E-state index is 11.9. The Bertz CT molecular complexity index is 524. The molecular formula is C17H26N4O2. The molecule has 0 bridgehead atoms. The quantitative estimate of drug-likeness (QED) is 0.676. The van der Waals surface area contributed by atoms with Gasteiger partial charge in [-0.25, -0.2) is 0 Å². The molecule has 1 unspecified atom stereocenters. The van der Waals surface area contributed by atoms with Gasteiger partial charge in [0, 0.05) is 6.54 Å². The smallest absolute Gasteiger partial charge is 0.239 e. The van der Waals surface area contributed by atoms with Gasteiger partial charge in [0.25, 0.3) is 0 Å². The lowest BCUT2D eigenvalue weighted by molar-refractivity contribution is -0.125. The molecular weight excluding hydrogens is 292 g/mol. The Morgan fingerprint density at radius 2 is 1.78 bits per heavy atom. The lowest BCUT2D eigenvalue weighted by atomic mass is 10.0. The van der Waals surface area contributed by atoms with Gasteiger partial charge in [-0.05, 0) is 38.4 Å². The third-order valence-electron chi connectivity index (χ3n) is 4.17. The average molecular weight is 318 g/mol. The molecule has 2 amide bonds. The Labute approximate surface area is 137 Å². The first kappa shape index (κ1) is 17.4. The number of carbonyl (C=O) groups excluding carboxylic acids is 2. The molecule has 1 aliphatic rings. The minimum absolute atomic E-state index is 0.0311. The van der Waals surface area contributed by atoms with Crippen molar-refractivity contribution >= 4 is 11.8 Å². The molecule has 126 valence electrons. The molecule has 0 aliphatic carbocycles. The molecule has 6 heteroatoms. The van der Waals surface area contributed by atoms with Crippen molar-refractivity contribution in [3.05, 3.63) is 35.4 Å². The van der Waals surface area contributed by atoms with Crippen LogP contribution in [0.4, 0.5) is 0 Å². The molecule has 23 heavy (non-hydrogen) atoms. The monoisotopic (exact) mass is 318 g/mol. The molecule has 1 aromatic carbocycles. The summed E-state index contributed by atoms with van der Waals surface area (Å²) < 4.78 is 0. The summed E-state index contributed by atoms with van der Waals surface area (Å²) in [6.07, 6.45) is 2.39. The summed E-state index contributed by atoms with van der Waals surface area (Å²) in [6, 6.07) is 8.62. The van der Waals surface area contributed by atoms with E-state index in [9.17, 15) is 9.59 Å². The van der Waals surface area contributed by atoms with Gasteiger partial charge in [0.05, 0.1) is 19.1 Å². The van der Waals surface area contributed by atoms with E-state index in [4.69, 9.17) is 5.73 Å². The third kappa shape index (κ3) is 5.33. The van der Waals surface area contributed by atoms with Crippen molar-refractivity contribution in [2.45, 2.75) is 25.8 Å². The van der Waals surface area contributed by atoms with Crippen LogP contribution in [0, 0.1) is 6.92 Å². The lowest BCUT2D eigenvalue weighted by Crippen LogP contribution is -2.42. The Morgan fingerprint density at radius 3 is 2.39 bits per heavy atom. The molecule has 0 radical (unpaired) electrons. The van der Waals surface area contributed by atoms with Crippen LogP contribution in [0.5, 0.6) is 0 Å².